The third kappa shape index (κ3) is 6.29. The van der Waals surface area contributed by atoms with Gasteiger partial charge in [-0.2, -0.15) is 4.98 Å². The van der Waals surface area contributed by atoms with Crippen LogP contribution in [0.25, 0.3) is 28.0 Å². The number of piperazine rings is 1. The van der Waals surface area contributed by atoms with Crippen molar-refractivity contribution in [2.45, 2.75) is 91.8 Å². The van der Waals surface area contributed by atoms with Gasteiger partial charge in [0.1, 0.15) is 23.6 Å². The Morgan fingerprint density at radius 3 is 2.22 bits per heavy atom. The van der Waals surface area contributed by atoms with E-state index in [2.05, 4.69) is 15.0 Å². The van der Waals surface area contributed by atoms with Crippen LogP contribution in [0, 0.1) is 5.82 Å². The molecule has 2 atom stereocenters. The molecule has 0 aliphatic carbocycles. The number of carbonyl (C=O) groups excluding carboxylic acids is 1. The van der Waals surface area contributed by atoms with Gasteiger partial charge in [0.25, 0.3) is 0 Å². The first-order valence-electron chi connectivity index (χ1n) is 15.6. The van der Waals surface area contributed by atoms with E-state index in [1.54, 1.807) is 29.2 Å². The highest BCUT2D eigenvalue weighted by atomic mass is 35.5. The van der Waals surface area contributed by atoms with Gasteiger partial charge in [-0.3, -0.25) is 0 Å². The molecule has 244 valence electrons. The summed E-state index contributed by atoms with van der Waals surface area (Å²) < 4.78 is 22.2. The molecule has 0 N–H and O–H groups in total. The minimum Gasteiger partial charge on any atom is -0.444 e. The molecular formula is C34H41ClFN7O3. The van der Waals surface area contributed by atoms with Crippen LogP contribution in [0.1, 0.15) is 85.5 Å². The second-order valence-electron chi connectivity index (χ2n) is 13.5. The largest absolute Gasteiger partial charge is 0.444 e. The Morgan fingerprint density at radius 1 is 1.00 bits per heavy atom. The van der Waals surface area contributed by atoms with E-state index in [1.165, 1.54) is 17.0 Å². The molecule has 0 unspecified atom stereocenters. The summed E-state index contributed by atoms with van der Waals surface area (Å²) in [4.78, 5) is 49.7. The van der Waals surface area contributed by atoms with Gasteiger partial charge in [0.05, 0.1) is 33.2 Å². The van der Waals surface area contributed by atoms with E-state index in [0.29, 0.717) is 41.4 Å². The molecule has 4 heterocycles. The summed E-state index contributed by atoms with van der Waals surface area (Å²) >= 11 is 6.86. The maximum Gasteiger partial charge on any atom is 0.410 e. The predicted octanol–water partition coefficient (Wildman–Crippen LogP) is 7.11. The van der Waals surface area contributed by atoms with Gasteiger partial charge in [-0.05, 0) is 64.7 Å². The number of nitrogens with zero attached hydrogens (tertiary/aromatic N) is 7. The summed E-state index contributed by atoms with van der Waals surface area (Å²) in [5.74, 6) is -0.230. The van der Waals surface area contributed by atoms with Gasteiger partial charge in [0.15, 0.2) is 5.65 Å². The molecule has 0 bridgehead atoms. The molecular weight excluding hydrogens is 609 g/mol. The highest BCUT2D eigenvalue weighted by molar-refractivity contribution is 6.33. The minimum absolute atomic E-state index is 0.0581. The van der Waals surface area contributed by atoms with Crippen LogP contribution in [-0.2, 0) is 4.74 Å². The lowest BCUT2D eigenvalue weighted by molar-refractivity contribution is 0.0130. The average molecular weight is 650 g/mol. The van der Waals surface area contributed by atoms with Gasteiger partial charge in [-0.25, -0.2) is 33.5 Å². The quantitative estimate of drug-likeness (QED) is 0.225. The van der Waals surface area contributed by atoms with Gasteiger partial charge < -0.3 is 14.5 Å². The van der Waals surface area contributed by atoms with Crippen molar-refractivity contribution in [2.24, 2.45) is 0 Å². The molecule has 12 heteroatoms. The second-order valence-corrected chi connectivity index (χ2v) is 13.9. The summed E-state index contributed by atoms with van der Waals surface area (Å²) in [7, 11) is 0. The van der Waals surface area contributed by atoms with E-state index >= 15 is 4.39 Å². The average Bonchev–Trinajstić information content (AvgIpc) is 2.97. The Hall–Kier alpha value is -4.12. The molecule has 1 amide bonds. The van der Waals surface area contributed by atoms with Crippen molar-refractivity contribution in [2.75, 3.05) is 18.0 Å². The third-order valence-corrected chi connectivity index (χ3v) is 8.30. The first-order valence-corrected chi connectivity index (χ1v) is 16.0. The van der Waals surface area contributed by atoms with Gasteiger partial charge in [-0.15, -0.1) is 0 Å². The van der Waals surface area contributed by atoms with Crippen LogP contribution in [0.2, 0.25) is 5.02 Å². The molecule has 5 rings (SSSR count). The van der Waals surface area contributed by atoms with Crippen molar-refractivity contribution in [1.82, 2.24) is 29.4 Å². The van der Waals surface area contributed by atoms with Crippen LogP contribution in [0.15, 0.2) is 41.5 Å². The molecule has 4 aromatic rings. The van der Waals surface area contributed by atoms with Crippen LogP contribution in [-0.4, -0.2) is 66.3 Å². The van der Waals surface area contributed by atoms with E-state index in [0.717, 1.165) is 0 Å². The number of fused-ring (bicyclic) bond motifs is 1. The Balaban J connectivity index is 1.78. The maximum absolute atomic E-state index is 15.1. The monoisotopic (exact) mass is 649 g/mol. The zero-order valence-electron chi connectivity index (χ0n) is 27.8. The first kappa shape index (κ1) is 33.2. The van der Waals surface area contributed by atoms with Gasteiger partial charge in [0, 0.05) is 30.7 Å². The number of halogens is 2. The molecule has 1 aromatic carbocycles. The zero-order chi connectivity index (χ0) is 33.7. The Kier molecular flexibility index (Phi) is 9.10. The smallest absolute Gasteiger partial charge is 0.410 e. The van der Waals surface area contributed by atoms with Gasteiger partial charge >= 0.3 is 11.8 Å². The Bertz CT molecular complexity index is 1830. The number of benzene rings is 1. The van der Waals surface area contributed by atoms with Crippen LogP contribution >= 0.6 is 11.6 Å². The zero-order valence-corrected chi connectivity index (χ0v) is 28.6. The maximum atomic E-state index is 15.1. The molecule has 1 fully saturated rings. The fraction of sp³-hybridized carbons (Fsp3) is 0.471. The van der Waals surface area contributed by atoms with Crippen molar-refractivity contribution in [3.8, 4) is 16.9 Å². The number of rotatable bonds is 5. The number of hydrogen-bond acceptors (Lipinski definition) is 8. The lowest BCUT2D eigenvalue weighted by Crippen LogP contribution is -2.59. The van der Waals surface area contributed by atoms with Crippen molar-refractivity contribution in [1.29, 1.82) is 0 Å². The standard InChI is InChI=1S/C34H41ClFN7O3/c1-18(2)26-29(27(19(3)4)38-17-37-26)43-31-23(14-24(35)28(39-31)22-12-10-11-13-25(22)36)30(40-32(43)44)41-15-21(6)42(16-20(41)5)33(45)46-34(7,8)9/h10-14,17-21H,15-16H2,1-9H3/t20-,21-/m0/s1. The predicted molar refractivity (Wildman–Crippen MR) is 179 cm³/mol. The van der Waals surface area contributed by atoms with E-state index in [1.807, 2.05) is 67.2 Å². The Labute approximate surface area is 273 Å². The number of amides is 1. The molecule has 0 radical (unpaired) electrons. The molecule has 3 aromatic heterocycles. The molecule has 0 spiro atoms. The minimum atomic E-state index is -0.636. The third-order valence-electron chi connectivity index (χ3n) is 8.01. The first-order chi connectivity index (χ1) is 21.6. The normalized spacial score (nSPS) is 17.3. The van der Waals surface area contributed by atoms with Crippen molar-refractivity contribution >= 4 is 34.5 Å². The summed E-state index contributed by atoms with van der Waals surface area (Å²) in [6.07, 6.45) is 1.11. The van der Waals surface area contributed by atoms with E-state index in [-0.39, 0.29) is 45.8 Å². The lowest BCUT2D eigenvalue weighted by Gasteiger charge is -2.44. The van der Waals surface area contributed by atoms with Crippen molar-refractivity contribution in [3.63, 3.8) is 0 Å². The number of ether oxygens (including phenoxy) is 1. The molecule has 46 heavy (non-hydrogen) atoms. The SMILES string of the molecule is CC(C)c1ncnc(C(C)C)c1-n1c(=O)nc(N2C[C@H](C)N(C(=O)OC(C)(C)C)C[C@@H]2C)c2cc(Cl)c(-c3ccccc3F)nc21. The highest BCUT2D eigenvalue weighted by Crippen LogP contribution is 2.37. The second kappa shape index (κ2) is 12.6. The summed E-state index contributed by atoms with van der Waals surface area (Å²) in [6, 6.07) is 7.44. The number of pyridine rings is 1. The van der Waals surface area contributed by atoms with Crippen LogP contribution < -0.4 is 10.6 Å². The molecule has 1 aliphatic heterocycles. The van der Waals surface area contributed by atoms with Crippen LogP contribution in [0.5, 0.6) is 0 Å². The van der Waals surface area contributed by atoms with E-state index in [9.17, 15) is 9.59 Å². The molecule has 0 saturated carbocycles. The molecule has 1 aliphatic rings. The van der Waals surface area contributed by atoms with Gasteiger partial charge in [-0.1, -0.05) is 51.4 Å². The summed E-state index contributed by atoms with van der Waals surface area (Å²) in [5, 5.41) is 0.708. The Morgan fingerprint density at radius 2 is 1.63 bits per heavy atom. The van der Waals surface area contributed by atoms with E-state index in [4.69, 9.17) is 21.3 Å². The number of aromatic nitrogens is 5. The molecule has 1 saturated heterocycles. The van der Waals surface area contributed by atoms with Crippen LogP contribution in [0.3, 0.4) is 0 Å². The van der Waals surface area contributed by atoms with E-state index < -0.39 is 23.2 Å². The lowest BCUT2D eigenvalue weighted by atomic mass is 10.0. The fourth-order valence-corrected chi connectivity index (χ4v) is 6.10. The van der Waals surface area contributed by atoms with Crippen LogP contribution in [0.4, 0.5) is 15.0 Å². The summed E-state index contributed by atoms with van der Waals surface area (Å²) in [5.41, 5.74) is 1.27. The highest BCUT2D eigenvalue weighted by Gasteiger charge is 2.37. The summed E-state index contributed by atoms with van der Waals surface area (Å²) in [6.45, 7) is 18.1. The molecule has 10 nitrogen and oxygen atoms in total. The number of carbonyl (C=O) groups is 1. The van der Waals surface area contributed by atoms with Gasteiger partial charge in [0.2, 0.25) is 0 Å². The number of anilines is 1. The fourth-order valence-electron chi connectivity index (χ4n) is 5.85. The van der Waals surface area contributed by atoms with Crippen molar-refractivity contribution in [3.05, 3.63) is 69.4 Å². The number of hydrogen-bond donors (Lipinski definition) is 0. The topological polar surface area (TPSA) is 106 Å². The van der Waals surface area contributed by atoms with Crippen molar-refractivity contribution < 1.29 is 13.9 Å².